The van der Waals surface area contributed by atoms with Gasteiger partial charge in [-0.1, -0.05) is 12.1 Å². The predicted molar refractivity (Wildman–Crippen MR) is 73.9 cm³/mol. The molecular weight excluding hydrogens is 299 g/mol. The molecule has 2 nitrogen and oxygen atoms in total. The lowest BCUT2D eigenvalue weighted by molar-refractivity contribution is 0.260. The molecular formula is C12H19IN2. The molecule has 0 bridgehead atoms. The topological polar surface area (TPSA) is 29.3 Å². The van der Waals surface area contributed by atoms with Gasteiger partial charge in [0.15, 0.2) is 0 Å². The monoisotopic (exact) mass is 318 g/mol. The molecule has 84 valence electrons. The molecule has 0 heterocycles. The second-order valence-electron chi connectivity index (χ2n) is 3.85. The van der Waals surface area contributed by atoms with Crippen LogP contribution in [0.3, 0.4) is 0 Å². The number of halogens is 1. The minimum absolute atomic E-state index is 0.466. The second-order valence-corrected chi connectivity index (χ2v) is 5.10. The van der Waals surface area contributed by atoms with Crippen LogP contribution in [0.4, 0.5) is 0 Å². The third kappa shape index (κ3) is 4.09. The highest BCUT2D eigenvalue weighted by Gasteiger charge is 2.10. The largest absolute Gasteiger partial charge is 0.330 e. The number of rotatable bonds is 5. The fourth-order valence-corrected chi connectivity index (χ4v) is 1.89. The van der Waals surface area contributed by atoms with Crippen LogP contribution < -0.4 is 5.73 Å². The molecule has 1 atom stereocenters. The van der Waals surface area contributed by atoms with E-state index in [2.05, 4.69) is 65.7 Å². The molecule has 1 aromatic carbocycles. The van der Waals surface area contributed by atoms with Crippen molar-refractivity contribution in [1.82, 2.24) is 4.90 Å². The Labute approximate surface area is 106 Å². The van der Waals surface area contributed by atoms with Crippen molar-refractivity contribution >= 4 is 22.6 Å². The number of hydrogen-bond acceptors (Lipinski definition) is 2. The Morgan fingerprint density at radius 1 is 1.33 bits per heavy atom. The summed E-state index contributed by atoms with van der Waals surface area (Å²) in [6.45, 7) is 4.06. The van der Waals surface area contributed by atoms with Crippen LogP contribution in [0.1, 0.15) is 24.9 Å². The van der Waals surface area contributed by atoms with E-state index in [4.69, 9.17) is 5.73 Å². The van der Waals surface area contributed by atoms with Gasteiger partial charge < -0.3 is 5.73 Å². The molecule has 1 rings (SSSR count). The number of nitrogens with two attached hydrogens (primary N) is 1. The van der Waals surface area contributed by atoms with E-state index in [1.54, 1.807) is 0 Å². The molecule has 0 saturated carbocycles. The van der Waals surface area contributed by atoms with E-state index in [9.17, 15) is 0 Å². The molecule has 15 heavy (non-hydrogen) atoms. The van der Waals surface area contributed by atoms with Crippen molar-refractivity contribution in [2.75, 3.05) is 20.1 Å². The van der Waals surface area contributed by atoms with Crippen molar-refractivity contribution in [3.63, 3.8) is 0 Å². The summed E-state index contributed by atoms with van der Waals surface area (Å²) < 4.78 is 1.29. The maximum Gasteiger partial charge on any atom is 0.0316 e. The van der Waals surface area contributed by atoms with E-state index in [-0.39, 0.29) is 0 Å². The number of benzene rings is 1. The highest BCUT2D eigenvalue weighted by Crippen LogP contribution is 2.19. The average molecular weight is 318 g/mol. The van der Waals surface area contributed by atoms with Gasteiger partial charge in [0.1, 0.15) is 0 Å². The van der Waals surface area contributed by atoms with Crippen LogP contribution in [0, 0.1) is 3.57 Å². The van der Waals surface area contributed by atoms with Crippen LogP contribution in [0.15, 0.2) is 24.3 Å². The Kier molecular flexibility index (Phi) is 5.56. The minimum atomic E-state index is 0.466. The zero-order valence-corrected chi connectivity index (χ0v) is 11.6. The number of hydrogen-bond donors (Lipinski definition) is 1. The standard InChI is InChI=1S/C12H19IN2/c1-10(15(2)9-3-8-14)11-4-6-12(13)7-5-11/h4-7,10H,3,8-9,14H2,1-2H3. The van der Waals surface area contributed by atoms with Gasteiger partial charge in [0.25, 0.3) is 0 Å². The van der Waals surface area contributed by atoms with Crippen molar-refractivity contribution in [3.05, 3.63) is 33.4 Å². The fraction of sp³-hybridized carbons (Fsp3) is 0.500. The van der Waals surface area contributed by atoms with Crippen LogP contribution in [0.25, 0.3) is 0 Å². The molecule has 3 heteroatoms. The van der Waals surface area contributed by atoms with E-state index in [1.807, 2.05) is 0 Å². The molecule has 2 N–H and O–H groups in total. The first-order valence-corrected chi connectivity index (χ1v) is 6.39. The summed E-state index contributed by atoms with van der Waals surface area (Å²) in [5, 5.41) is 0. The highest BCUT2D eigenvalue weighted by molar-refractivity contribution is 14.1. The fourth-order valence-electron chi connectivity index (χ4n) is 1.53. The summed E-state index contributed by atoms with van der Waals surface area (Å²) in [6.07, 6.45) is 1.06. The van der Waals surface area contributed by atoms with Gasteiger partial charge >= 0.3 is 0 Å². The summed E-state index contributed by atoms with van der Waals surface area (Å²) in [6, 6.07) is 9.18. The maximum absolute atomic E-state index is 5.51. The lowest BCUT2D eigenvalue weighted by Crippen LogP contribution is -2.25. The second kappa shape index (κ2) is 6.45. The Hall–Kier alpha value is -0.130. The lowest BCUT2D eigenvalue weighted by atomic mass is 10.1. The highest BCUT2D eigenvalue weighted by atomic mass is 127. The third-order valence-electron chi connectivity index (χ3n) is 2.73. The Balaban J connectivity index is 2.59. The summed E-state index contributed by atoms with van der Waals surface area (Å²) in [5.74, 6) is 0. The van der Waals surface area contributed by atoms with Crippen LogP contribution in [-0.2, 0) is 0 Å². The van der Waals surface area contributed by atoms with Crippen molar-refractivity contribution < 1.29 is 0 Å². The molecule has 0 aromatic heterocycles. The van der Waals surface area contributed by atoms with Crippen LogP contribution in [0.2, 0.25) is 0 Å². The lowest BCUT2D eigenvalue weighted by Gasteiger charge is -2.24. The molecule has 0 radical (unpaired) electrons. The zero-order chi connectivity index (χ0) is 11.3. The van der Waals surface area contributed by atoms with Gasteiger partial charge in [-0.25, -0.2) is 0 Å². The van der Waals surface area contributed by atoms with Gasteiger partial charge in [-0.15, -0.1) is 0 Å². The SMILES string of the molecule is CC(c1ccc(I)cc1)N(C)CCCN. The molecule has 1 aromatic rings. The third-order valence-corrected chi connectivity index (χ3v) is 3.45. The first kappa shape index (κ1) is 12.9. The van der Waals surface area contributed by atoms with Gasteiger partial charge in [-0.2, -0.15) is 0 Å². The normalized spacial score (nSPS) is 13.1. The quantitative estimate of drug-likeness (QED) is 0.846. The molecule has 1 unspecified atom stereocenters. The van der Waals surface area contributed by atoms with E-state index >= 15 is 0 Å². The van der Waals surface area contributed by atoms with E-state index in [0.29, 0.717) is 6.04 Å². The molecule has 0 amide bonds. The summed E-state index contributed by atoms with van der Waals surface area (Å²) in [5.41, 5.74) is 6.88. The summed E-state index contributed by atoms with van der Waals surface area (Å²) in [4.78, 5) is 2.34. The van der Waals surface area contributed by atoms with E-state index in [1.165, 1.54) is 9.13 Å². The van der Waals surface area contributed by atoms with Crippen LogP contribution in [0.5, 0.6) is 0 Å². The zero-order valence-electron chi connectivity index (χ0n) is 9.41. The van der Waals surface area contributed by atoms with E-state index in [0.717, 1.165) is 19.5 Å². The average Bonchev–Trinajstić information content (AvgIpc) is 2.26. The van der Waals surface area contributed by atoms with Crippen LogP contribution >= 0.6 is 22.6 Å². The molecule has 0 fully saturated rings. The molecule has 0 aliphatic rings. The minimum Gasteiger partial charge on any atom is -0.330 e. The Bertz CT molecular complexity index is 284. The Morgan fingerprint density at radius 3 is 2.47 bits per heavy atom. The van der Waals surface area contributed by atoms with E-state index < -0.39 is 0 Å². The first-order valence-electron chi connectivity index (χ1n) is 5.31. The van der Waals surface area contributed by atoms with Crippen molar-refractivity contribution in [3.8, 4) is 0 Å². The van der Waals surface area contributed by atoms with Gasteiger partial charge in [-0.05, 0) is 73.8 Å². The van der Waals surface area contributed by atoms with Gasteiger partial charge in [-0.3, -0.25) is 4.90 Å². The van der Waals surface area contributed by atoms with Gasteiger partial charge in [0.05, 0.1) is 0 Å². The molecule has 0 spiro atoms. The van der Waals surface area contributed by atoms with Crippen LogP contribution in [-0.4, -0.2) is 25.0 Å². The summed E-state index contributed by atoms with van der Waals surface area (Å²) >= 11 is 2.33. The van der Waals surface area contributed by atoms with Gasteiger partial charge in [0, 0.05) is 9.61 Å². The smallest absolute Gasteiger partial charge is 0.0316 e. The van der Waals surface area contributed by atoms with Crippen molar-refractivity contribution in [2.24, 2.45) is 5.73 Å². The maximum atomic E-state index is 5.51. The number of nitrogens with zero attached hydrogens (tertiary/aromatic N) is 1. The van der Waals surface area contributed by atoms with Gasteiger partial charge in [0.2, 0.25) is 0 Å². The predicted octanol–water partition coefficient (Wildman–Crippen LogP) is 2.63. The Morgan fingerprint density at radius 2 is 1.93 bits per heavy atom. The first-order chi connectivity index (χ1) is 7.15. The molecule has 0 aliphatic heterocycles. The summed E-state index contributed by atoms with van der Waals surface area (Å²) in [7, 11) is 2.15. The molecule has 0 saturated heterocycles. The van der Waals surface area contributed by atoms with Crippen molar-refractivity contribution in [2.45, 2.75) is 19.4 Å². The van der Waals surface area contributed by atoms with Crippen molar-refractivity contribution in [1.29, 1.82) is 0 Å². The molecule has 0 aliphatic carbocycles.